The Hall–Kier alpha value is -5.74. The monoisotopic (exact) mass is 699 g/mol. The van der Waals surface area contributed by atoms with E-state index in [1.807, 2.05) is 22.7 Å². The van der Waals surface area contributed by atoms with Gasteiger partial charge in [-0.1, -0.05) is 117 Å². The highest BCUT2D eigenvalue weighted by Crippen LogP contribution is 2.51. The van der Waals surface area contributed by atoms with Gasteiger partial charge in [-0.2, -0.15) is 0 Å². The first kappa shape index (κ1) is 29.9. The summed E-state index contributed by atoms with van der Waals surface area (Å²) in [5, 5.41) is 7.87. The van der Waals surface area contributed by atoms with Gasteiger partial charge in [0.25, 0.3) is 0 Å². The van der Waals surface area contributed by atoms with E-state index in [4.69, 9.17) is 0 Å². The van der Waals surface area contributed by atoms with Gasteiger partial charge in [0.05, 0.1) is 0 Å². The first-order valence-electron chi connectivity index (χ1n) is 17.9. The number of anilines is 3. The maximum atomic E-state index is 2.44. The van der Waals surface area contributed by atoms with Crippen LogP contribution in [0.15, 0.2) is 164 Å². The Bertz CT molecular complexity index is 3050. The fourth-order valence-corrected chi connectivity index (χ4v) is 11.0. The van der Waals surface area contributed by atoms with E-state index in [0.29, 0.717) is 0 Å². The summed E-state index contributed by atoms with van der Waals surface area (Å²) in [6, 6.07) is 61.2. The summed E-state index contributed by atoms with van der Waals surface area (Å²) < 4.78 is 5.31. The van der Waals surface area contributed by atoms with E-state index in [9.17, 15) is 0 Å². The zero-order chi connectivity index (χ0) is 34.6. The molecule has 2 heterocycles. The quantitative estimate of drug-likeness (QED) is 0.177. The topological polar surface area (TPSA) is 3.24 Å². The average Bonchev–Trinajstić information content (AvgIpc) is 3.81. The Balaban J connectivity index is 1.07. The summed E-state index contributed by atoms with van der Waals surface area (Å²) in [6.45, 7) is 4.70. The van der Waals surface area contributed by atoms with Gasteiger partial charge in [0, 0.05) is 62.8 Å². The van der Waals surface area contributed by atoms with Crippen molar-refractivity contribution in [2.45, 2.75) is 19.3 Å². The number of hydrogen-bond donors (Lipinski definition) is 0. The number of benzene rings is 8. The highest BCUT2D eigenvalue weighted by molar-refractivity contribution is 7.26. The fraction of sp³-hybridized carbons (Fsp3) is 0.0612. The molecule has 0 bridgehead atoms. The molecule has 0 saturated heterocycles. The summed E-state index contributed by atoms with van der Waals surface area (Å²) in [5.74, 6) is 0. The number of hydrogen-bond acceptors (Lipinski definition) is 3. The van der Waals surface area contributed by atoms with Crippen molar-refractivity contribution in [3.05, 3.63) is 175 Å². The first-order valence-corrected chi connectivity index (χ1v) is 19.5. The van der Waals surface area contributed by atoms with Crippen molar-refractivity contribution >= 4 is 90.9 Å². The second kappa shape index (κ2) is 11.1. The van der Waals surface area contributed by atoms with Crippen molar-refractivity contribution in [2.24, 2.45) is 0 Å². The highest BCUT2D eigenvalue weighted by atomic mass is 32.1. The predicted molar refractivity (Wildman–Crippen MR) is 227 cm³/mol. The van der Waals surface area contributed by atoms with Crippen LogP contribution in [0.3, 0.4) is 0 Å². The molecule has 8 aromatic carbocycles. The van der Waals surface area contributed by atoms with Crippen LogP contribution in [0.25, 0.3) is 73.4 Å². The molecule has 0 amide bonds. The van der Waals surface area contributed by atoms with Crippen LogP contribution in [-0.4, -0.2) is 0 Å². The van der Waals surface area contributed by atoms with E-state index < -0.39 is 0 Å². The van der Waals surface area contributed by atoms with Crippen LogP contribution < -0.4 is 4.90 Å². The average molecular weight is 700 g/mol. The highest BCUT2D eigenvalue weighted by Gasteiger charge is 2.35. The maximum Gasteiger partial charge on any atom is 0.0476 e. The molecule has 0 atom stereocenters. The van der Waals surface area contributed by atoms with E-state index in [1.54, 1.807) is 0 Å². The normalized spacial score (nSPS) is 13.3. The number of nitrogens with zero attached hydrogens (tertiary/aromatic N) is 1. The maximum absolute atomic E-state index is 2.44. The molecule has 10 aromatic rings. The summed E-state index contributed by atoms with van der Waals surface area (Å²) in [6.07, 6.45) is 0. The molecule has 2 aromatic heterocycles. The van der Waals surface area contributed by atoms with Crippen molar-refractivity contribution in [1.29, 1.82) is 0 Å². The van der Waals surface area contributed by atoms with Gasteiger partial charge in [-0.25, -0.2) is 0 Å². The number of rotatable bonds is 4. The van der Waals surface area contributed by atoms with Gasteiger partial charge >= 0.3 is 0 Å². The van der Waals surface area contributed by atoms with Crippen LogP contribution in [0.1, 0.15) is 25.0 Å². The zero-order valence-corrected chi connectivity index (χ0v) is 30.5. The van der Waals surface area contributed by atoms with E-state index in [-0.39, 0.29) is 5.41 Å². The summed E-state index contributed by atoms with van der Waals surface area (Å²) in [5.41, 5.74) is 11.4. The Morgan fingerprint density at radius 3 is 1.79 bits per heavy atom. The lowest BCUT2D eigenvalue weighted by molar-refractivity contribution is 0.660. The standard InChI is InChI=1S/C49H33NS2/c1-49(2)43-15-6-3-11-36(43)41-27-33(23-25-44(41)49)50(34-22-24-39-37-12-4-7-16-45(37)52-48(39)28-34)32-20-18-30(19-21-32)35-14-9-10-31-26-47-42(29-40(31)35)38-13-5-8-17-46(38)51-47/h3-29H,1-2H3. The van der Waals surface area contributed by atoms with Gasteiger partial charge in [-0.05, 0) is 105 Å². The van der Waals surface area contributed by atoms with Crippen LogP contribution in [-0.2, 0) is 5.41 Å². The molecule has 0 N–H and O–H groups in total. The Labute approximate surface area is 310 Å². The minimum Gasteiger partial charge on any atom is -0.310 e. The number of fused-ring (bicyclic) bond motifs is 10. The van der Waals surface area contributed by atoms with Gasteiger partial charge in [0.15, 0.2) is 0 Å². The van der Waals surface area contributed by atoms with E-state index >= 15 is 0 Å². The molecule has 1 aliphatic rings. The van der Waals surface area contributed by atoms with Crippen molar-refractivity contribution in [3.8, 4) is 22.3 Å². The van der Waals surface area contributed by atoms with Crippen LogP contribution >= 0.6 is 22.7 Å². The van der Waals surface area contributed by atoms with Gasteiger partial charge in [-0.15, -0.1) is 22.7 Å². The van der Waals surface area contributed by atoms with Crippen LogP contribution in [0.2, 0.25) is 0 Å². The summed E-state index contributed by atoms with van der Waals surface area (Å²) >= 11 is 3.75. The minimum absolute atomic E-state index is 0.0355. The largest absolute Gasteiger partial charge is 0.310 e. The van der Waals surface area contributed by atoms with Gasteiger partial charge in [0.1, 0.15) is 0 Å². The molecule has 3 heteroatoms. The fourth-order valence-electron chi connectivity index (χ4n) is 8.69. The lowest BCUT2D eigenvalue weighted by Gasteiger charge is -2.27. The molecule has 52 heavy (non-hydrogen) atoms. The molecule has 0 radical (unpaired) electrons. The Kier molecular flexibility index (Phi) is 6.41. The third-order valence-electron chi connectivity index (χ3n) is 11.3. The molecule has 0 saturated carbocycles. The molecule has 0 fully saturated rings. The lowest BCUT2D eigenvalue weighted by Crippen LogP contribution is -2.15. The summed E-state index contributed by atoms with van der Waals surface area (Å²) in [4.78, 5) is 2.44. The third-order valence-corrected chi connectivity index (χ3v) is 13.5. The van der Waals surface area contributed by atoms with E-state index in [2.05, 4.69) is 183 Å². The van der Waals surface area contributed by atoms with Crippen LogP contribution in [0.5, 0.6) is 0 Å². The van der Waals surface area contributed by atoms with Crippen molar-refractivity contribution in [1.82, 2.24) is 0 Å². The van der Waals surface area contributed by atoms with E-state index in [0.717, 1.165) is 17.1 Å². The molecule has 0 aliphatic heterocycles. The SMILES string of the molecule is CC1(C)c2ccccc2-c2cc(N(c3ccc(-c4cccc5cc6sc7ccccc7c6cc45)cc3)c3ccc4c(c3)sc3ccccc34)ccc21. The van der Waals surface area contributed by atoms with Gasteiger partial charge < -0.3 is 4.90 Å². The molecule has 11 rings (SSSR count). The molecule has 0 spiro atoms. The van der Waals surface area contributed by atoms with E-state index in [1.165, 1.54) is 84.5 Å². The smallest absolute Gasteiger partial charge is 0.0476 e. The molecule has 0 unspecified atom stereocenters. The first-order chi connectivity index (χ1) is 25.5. The van der Waals surface area contributed by atoms with Crippen molar-refractivity contribution in [3.63, 3.8) is 0 Å². The molecular formula is C49H33NS2. The Morgan fingerprint density at radius 1 is 0.385 bits per heavy atom. The predicted octanol–water partition coefficient (Wildman–Crippen LogP) is 15.0. The second-order valence-corrected chi connectivity index (χ2v) is 16.7. The van der Waals surface area contributed by atoms with Gasteiger partial charge in [0.2, 0.25) is 0 Å². The minimum atomic E-state index is -0.0355. The zero-order valence-electron chi connectivity index (χ0n) is 28.9. The third kappa shape index (κ3) is 4.40. The molecule has 1 nitrogen and oxygen atoms in total. The Morgan fingerprint density at radius 2 is 0.981 bits per heavy atom. The molecular weight excluding hydrogens is 667 g/mol. The number of thiophene rings is 2. The van der Waals surface area contributed by atoms with Crippen molar-refractivity contribution in [2.75, 3.05) is 4.90 Å². The van der Waals surface area contributed by atoms with Gasteiger partial charge in [-0.3, -0.25) is 0 Å². The second-order valence-electron chi connectivity index (χ2n) is 14.5. The van der Waals surface area contributed by atoms with Crippen molar-refractivity contribution < 1.29 is 0 Å². The van der Waals surface area contributed by atoms with Crippen LogP contribution in [0, 0.1) is 0 Å². The molecule has 1 aliphatic carbocycles. The van der Waals surface area contributed by atoms with Crippen LogP contribution in [0.4, 0.5) is 17.1 Å². The molecule has 246 valence electrons. The summed E-state index contributed by atoms with van der Waals surface area (Å²) in [7, 11) is 0. The lowest BCUT2D eigenvalue weighted by atomic mass is 9.82.